The summed E-state index contributed by atoms with van der Waals surface area (Å²) >= 11 is 0. The van der Waals surface area contributed by atoms with Crippen molar-refractivity contribution in [3.63, 3.8) is 0 Å². The molecule has 1 unspecified atom stereocenters. The molecule has 1 saturated heterocycles. The molecule has 4 N–H and O–H groups in total. The van der Waals surface area contributed by atoms with E-state index in [2.05, 4.69) is 20.3 Å². The van der Waals surface area contributed by atoms with Gasteiger partial charge in [-0.05, 0) is 67.6 Å². The second kappa shape index (κ2) is 10.7. The number of hydrogen-bond acceptors (Lipinski definition) is 6. The van der Waals surface area contributed by atoms with Crippen LogP contribution in [0.1, 0.15) is 32.7 Å². The Balaban J connectivity index is 0.00000176. The molecule has 0 spiro atoms. The van der Waals surface area contributed by atoms with Gasteiger partial charge in [-0.25, -0.2) is 13.5 Å². The summed E-state index contributed by atoms with van der Waals surface area (Å²) in [5.41, 5.74) is 3.54. The molecule has 3 heterocycles. The lowest BCUT2D eigenvalue weighted by atomic mass is 9.94. The topological polar surface area (TPSA) is 140 Å². The zero-order valence-electron chi connectivity index (χ0n) is 20.7. The van der Waals surface area contributed by atoms with Crippen LogP contribution in [0.3, 0.4) is 0 Å². The number of aliphatic hydroxyl groups is 1. The van der Waals surface area contributed by atoms with Crippen molar-refractivity contribution in [3.05, 3.63) is 78.6 Å². The highest BCUT2D eigenvalue weighted by atomic mass is 32.2. The molecule has 2 fully saturated rings. The second-order valence-corrected chi connectivity index (χ2v) is 11.0. The van der Waals surface area contributed by atoms with Crippen LogP contribution in [-0.4, -0.2) is 59.1 Å². The van der Waals surface area contributed by atoms with E-state index < -0.39 is 16.4 Å². The number of carbonyl (C=O) groups excluding carboxylic acids is 1. The van der Waals surface area contributed by atoms with E-state index in [4.69, 9.17) is 0 Å². The van der Waals surface area contributed by atoms with Gasteiger partial charge in [0.15, 0.2) is 0 Å². The molecule has 10 heteroatoms. The second-order valence-electron chi connectivity index (χ2n) is 9.60. The molecule has 0 bridgehead atoms. The summed E-state index contributed by atoms with van der Waals surface area (Å²) in [5.74, 6) is 0.417. The number of amides is 1. The number of anilines is 1. The van der Waals surface area contributed by atoms with Crippen LogP contribution >= 0.6 is 0 Å². The Morgan fingerprint density at radius 2 is 1.84 bits per heavy atom. The highest BCUT2D eigenvalue weighted by Gasteiger charge is 2.51. The summed E-state index contributed by atoms with van der Waals surface area (Å²) in [5, 5.41) is 12.6. The smallest absolute Gasteiger partial charge is 0.236 e. The van der Waals surface area contributed by atoms with Crippen LogP contribution in [0.2, 0.25) is 0 Å². The van der Waals surface area contributed by atoms with Crippen molar-refractivity contribution >= 4 is 33.7 Å². The lowest BCUT2D eigenvalue weighted by Gasteiger charge is -2.21. The van der Waals surface area contributed by atoms with Crippen LogP contribution in [0.4, 0.5) is 5.82 Å². The Labute approximate surface area is 224 Å². The highest BCUT2D eigenvalue weighted by molar-refractivity contribution is 7.82. The molecule has 38 heavy (non-hydrogen) atoms. The maximum Gasteiger partial charge on any atom is 0.236 e. The number of pyridine rings is 1. The molecule has 2 aliphatic rings. The number of rotatable bonds is 7. The molecule has 1 aliphatic carbocycles. The van der Waals surface area contributed by atoms with Gasteiger partial charge in [0.2, 0.25) is 5.91 Å². The zero-order valence-corrected chi connectivity index (χ0v) is 21.5. The quantitative estimate of drug-likeness (QED) is 0.374. The van der Waals surface area contributed by atoms with E-state index in [-0.39, 0.29) is 25.5 Å². The minimum absolute atomic E-state index is 0. The van der Waals surface area contributed by atoms with Gasteiger partial charge >= 0.3 is 0 Å². The van der Waals surface area contributed by atoms with Gasteiger partial charge in [0.1, 0.15) is 16.8 Å². The number of fused-ring (bicyclic) bond motifs is 1. The van der Waals surface area contributed by atoms with E-state index in [9.17, 15) is 14.1 Å². The molecule has 0 radical (unpaired) electrons. The van der Waals surface area contributed by atoms with Crippen molar-refractivity contribution in [3.8, 4) is 11.3 Å². The fourth-order valence-electron chi connectivity index (χ4n) is 5.02. The van der Waals surface area contributed by atoms with Gasteiger partial charge in [-0.3, -0.25) is 14.8 Å². The summed E-state index contributed by atoms with van der Waals surface area (Å²) in [6, 6.07) is 18.8. The maximum absolute atomic E-state index is 13.3. The lowest BCUT2D eigenvalue weighted by Crippen LogP contribution is -2.33. The number of aromatic nitrogens is 3. The maximum atomic E-state index is 13.3. The van der Waals surface area contributed by atoms with E-state index in [1.54, 1.807) is 18.5 Å². The Bertz CT molecular complexity index is 1500. The van der Waals surface area contributed by atoms with Crippen molar-refractivity contribution in [2.75, 3.05) is 18.5 Å². The molecule has 2 aromatic carbocycles. The van der Waals surface area contributed by atoms with Crippen molar-refractivity contribution in [2.24, 2.45) is 0 Å². The Morgan fingerprint density at radius 3 is 2.58 bits per heavy atom. The first-order valence-corrected chi connectivity index (χ1v) is 13.6. The molecule has 2 atom stereocenters. The average Bonchev–Trinajstić information content (AvgIpc) is 3.63. The molecule has 1 saturated carbocycles. The van der Waals surface area contributed by atoms with Gasteiger partial charge in [0.25, 0.3) is 0 Å². The van der Waals surface area contributed by atoms with Crippen molar-refractivity contribution in [2.45, 2.75) is 42.0 Å². The minimum atomic E-state index is -1.31. The first kappa shape index (κ1) is 26.1. The lowest BCUT2D eigenvalue weighted by molar-refractivity contribution is -0.118. The van der Waals surface area contributed by atoms with Crippen LogP contribution in [0, 0.1) is 0 Å². The fraction of sp³-hybridized carbons (Fsp3) is 0.286. The van der Waals surface area contributed by atoms with Gasteiger partial charge in [-0.1, -0.05) is 24.3 Å². The number of aliphatic hydroxyl groups excluding tert-OH is 1. The van der Waals surface area contributed by atoms with E-state index in [1.807, 2.05) is 58.9 Å². The molecule has 9 nitrogen and oxygen atoms in total. The third-order valence-corrected chi connectivity index (χ3v) is 8.88. The highest BCUT2D eigenvalue weighted by Crippen LogP contribution is 2.49. The SMILES string of the molecule is O.O=C(Nc1cccc(-c2ccc(S(=O)N3CCC[C@@H]3CO)cc2)n1)C1(c2ccc3nccnc3c2)CC1.[HH]. The van der Waals surface area contributed by atoms with Crippen LogP contribution < -0.4 is 5.32 Å². The molecule has 1 aliphatic heterocycles. The normalized spacial score (nSPS) is 19.0. The molecule has 2 aromatic heterocycles. The van der Waals surface area contributed by atoms with E-state index >= 15 is 0 Å². The van der Waals surface area contributed by atoms with Crippen molar-refractivity contribution in [1.29, 1.82) is 0 Å². The number of nitrogens with one attached hydrogen (secondary N) is 1. The number of carbonyl (C=O) groups is 1. The number of hydrogen-bond donors (Lipinski definition) is 2. The van der Waals surface area contributed by atoms with E-state index in [0.29, 0.717) is 10.7 Å². The fourth-order valence-corrected chi connectivity index (χ4v) is 6.40. The van der Waals surface area contributed by atoms with Crippen molar-refractivity contribution in [1.82, 2.24) is 19.3 Å². The predicted octanol–water partition coefficient (Wildman–Crippen LogP) is 3.26. The minimum Gasteiger partial charge on any atom is -0.412 e. The molecular weight excluding hydrogens is 502 g/mol. The van der Waals surface area contributed by atoms with Gasteiger partial charge in [-0.2, -0.15) is 0 Å². The summed E-state index contributed by atoms with van der Waals surface area (Å²) in [6.07, 6.45) is 6.66. The molecular formula is C28H31N5O4S. The van der Waals surface area contributed by atoms with Crippen molar-refractivity contribution < 1.29 is 21.0 Å². The molecule has 198 valence electrons. The Morgan fingerprint density at radius 1 is 1.08 bits per heavy atom. The Hall–Kier alpha value is -3.57. The molecule has 6 rings (SSSR count). The predicted molar refractivity (Wildman–Crippen MR) is 148 cm³/mol. The summed E-state index contributed by atoms with van der Waals surface area (Å²) in [4.78, 5) is 27.4. The standard InChI is InChI=1S/C28H27N5O3S.H2O.H2/c34-18-21-3-2-16-33(21)37(36)22-9-6-19(7-10-22)23-4-1-5-26(31-23)32-27(35)28(12-13-28)20-8-11-24-25(17-20)30-15-14-29-24;;/h1,4-11,14-15,17,21,34H,2-3,12-13,16,18H2,(H,31,32,35);1H2;1H/t21-,37?;;/m1../s1. The van der Waals surface area contributed by atoms with E-state index in [1.165, 1.54) is 0 Å². The summed E-state index contributed by atoms with van der Waals surface area (Å²) in [6.45, 7) is 0.736. The third-order valence-electron chi connectivity index (χ3n) is 7.30. The monoisotopic (exact) mass is 533 g/mol. The van der Waals surface area contributed by atoms with Crippen LogP contribution in [0.25, 0.3) is 22.3 Å². The third kappa shape index (κ3) is 4.83. The van der Waals surface area contributed by atoms with Crippen LogP contribution in [-0.2, 0) is 21.2 Å². The van der Waals surface area contributed by atoms with Crippen LogP contribution in [0.5, 0.6) is 0 Å². The number of nitrogens with zero attached hydrogens (tertiary/aromatic N) is 4. The van der Waals surface area contributed by atoms with Gasteiger partial charge in [0.05, 0.1) is 33.6 Å². The molecule has 4 aromatic rings. The summed E-state index contributed by atoms with van der Waals surface area (Å²) < 4.78 is 14.8. The number of benzene rings is 2. The van der Waals surface area contributed by atoms with Gasteiger partial charge in [0, 0.05) is 32.0 Å². The Kier molecular flexibility index (Phi) is 7.31. The first-order valence-electron chi connectivity index (χ1n) is 12.5. The molecule has 1 amide bonds. The first-order chi connectivity index (χ1) is 18.1. The largest absolute Gasteiger partial charge is 0.412 e. The van der Waals surface area contributed by atoms with Gasteiger partial charge < -0.3 is 15.9 Å². The van der Waals surface area contributed by atoms with Crippen LogP contribution in [0.15, 0.2) is 78.0 Å². The average molecular weight is 534 g/mol. The summed E-state index contributed by atoms with van der Waals surface area (Å²) in [7, 11) is -1.31. The zero-order chi connectivity index (χ0) is 25.4. The van der Waals surface area contributed by atoms with Gasteiger partial charge in [-0.15, -0.1) is 0 Å². The van der Waals surface area contributed by atoms with E-state index in [0.717, 1.165) is 60.1 Å².